The second-order valence-electron chi connectivity index (χ2n) is 9.28. The van der Waals surface area contributed by atoms with Gasteiger partial charge in [0.1, 0.15) is 0 Å². The Hall–Kier alpha value is -2.43. The molecule has 0 aromatic heterocycles. The number of allylic oxidation sites excluding steroid dienone is 1. The number of hydrogen-bond acceptors (Lipinski definition) is 2. The van der Waals surface area contributed by atoms with Crippen molar-refractivity contribution in [1.29, 1.82) is 0 Å². The standard InChI is InChI=1S/C28H33F3O2/c1-3-5-6-8-19-12-13-21-16-22-15-20(11-9-18-10-14-23(7-4-2)32-17-18)24(29)26(31)28(22)33-27(21)25(19)30/h12-13,15,17,23H,3-11,14,16H2,1-2H3. The Labute approximate surface area is 194 Å². The van der Waals surface area contributed by atoms with Crippen molar-refractivity contribution in [2.75, 3.05) is 0 Å². The molecule has 2 aromatic rings. The van der Waals surface area contributed by atoms with Gasteiger partial charge in [-0.15, -0.1) is 0 Å². The molecule has 2 heterocycles. The van der Waals surface area contributed by atoms with Crippen LogP contribution in [0.25, 0.3) is 0 Å². The molecule has 33 heavy (non-hydrogen) atoms. The van der Waals surface area contributed by atoms with E-state index in [-0.39, 0.29) is 17.6 Å². The highest BCUT2D eigenvalue weighted by Crippen LogP contribution is 2.42. The van der Waals surface area contributed by atoms with Gasteiger partial charge in [0.25, 0.3) is 0 Å². The zero-order valence-corrected chi connectivity index (χ0v) is 19.6. The first-order valence-corrected chi connectivity index (χ1v) is 12.3. The van der Waals surface area contributed by atoms with Crippen molar-refractivity contribution in [3.8, 4) is 11.5 Å². The lowest BCUT2D eigenvalue weighted by atomic mass is 9.93. The Balaban J connectivity index is 1.49. The summed E-state index contributed by atoms with van der Waals surface area (Å²) < 4.78 is 56.3. The van der Waals surface area contributed by atoms with E-state index in [0.29, 0.717) is 47.9 Å². The molecule has 0 fully saturated rings. The number of rotatable bonds is 9. The summed E-state index contributed by atoms with van der Waals surface area (Å²) in [5.41, 5.74) is 3.24. The van der Waals surface area contributed by atoms with Crippen LogP contribution in [0, 0.1) is 17.5 Å². The van der Waals surface area contributed by atoms with Gasteiger partial charge in [0.05, 0.1) is 12.4 Å². The van der Waals surface area contributed by atoms with Gasteiger partial charge in [-0.3, -0.25) is 0 Å². The third kappa shape index (κ3) is 5.23. The molecule has 0 radical (unpaired) electrons. The fourth-order valence-corrected chi connectivity index (χ4v) is 4.78. The predicted octanol–water partition coefficient (Wildman–Crippen LogP) is 8.33. The molecule has 2 aliphatic heterocycles. The zero-order chi connectivity index (χ0) is 23.4. The molecule has 2 nitrogen and oxygen atoms in total. The van der Waals surface area contributed by atoms with E-state index < -0.39 is 17.5 Å². The predicted molar refractivity (Wildman–Crippen MR) is 124 cm³/mol. The maximum atomic E-state index is 15.0. The number of aryl methyl sites for hydroxylation is 2. The quantitative estimate of drug-likeness (QED) is 0.300. The second kappa shape index (κ2) is 10.7. The molecule has 0 amide bonds. The van der Waals surface area contributed by atoms with E-state index in [9.17, 15) is 8.78 Å². The van der Waals surface area contributed by atoms with Gasteiger partial charge in [-0.2, -0.15) is 4.39 Å². The topological polar surface area (TPSA) is 18.5 Å². The third-order valence-electron chi connectivity index (χ3n) is 6.75. The molecule has 178 valence electrons. The first-order chi connectivity index (χ1) is 16.0. The van der Waals surface area contributed by atoms with Crippen LogP contribution in [-0.2, 0) is 24.0 Å². The van der Waals surface area contributed by atoms with Crippen LogP contribution < -0.4 is 4.74 Å². The average molecular weight is 459 g/mol. The van der Waals surface area contributed by atoms with Crippen molar-refractivity contribution in [2.45, 2.75) is 90.6 Å². The number of ether oxygens (including phenoxy) is 2. The molecule has 0 saturated carbocycles. The van der Waals surface area contributed by atoms with Gasteiger partial charge in [-0.25, -0.2) is 8.78 Å². The summed E-state index contributed by atoms with van der Waals surface area (Å²) in [7, 11) is 0. The Bertz CT molecular complexity index is 1030. The molecule has 4 rings (SSSR count). The second-order valence-corrected chi connectivity index (χ2v) is 9.28. The number of unbranched alkanes of at least 4 members (excludes halogenated alkanes) is 2. The summed E-state index contributed by atoms with van der Waals surface area (Å²) in [6.45, 7) is 4.23. The summed E-state index contributed by atoms with van der Waals surface area (Å²) in [6, 6.07) is 5.31. The van der Waals surface area contributed by atoms with Crippen LogP contribution in [0.5, 0.6) is 11.5 Å². The van der Waals surface area contributed by atoms with Crippen molar-refractivity contribution in [1.82, 2.24) is 0 Å². The fourth-order valence-electron chi connectivity index (χ4n) is 4.78. The molecular formula is C28H33F3O2. The highest BCUT2D eigenvalue weighted by Gasteiger charge is 2.28. The number of hydrogen-bond donors (Lipinski definition) is 0. The van der Waals surface area contributed by atoms with Crippen molar-refractivity contribution in [3.05, 3.63) is 69.7 Å². The normalized spacial score (nSPS) is 17.0. The van der Waals surface area contributed by atoms with Gasteiger partial charge in [-0.1, -0.05) is 45.2 Å². The number of fused-ring (bicyclic) bond motifs is 2. The van der Waals surface area contributed by atoms with Gasteiger partial charge >= 0.3 is 0 Å². The van der Waals surface area contributed by atoms with Gasteiger partial charge in [0.2, 0.25) is 5.82 Å². The van der Waals surface area contributed by atoms with E-state index in [4.69, 9.17) is 9.47 Å². The van der Waals surface area contributed by atoms with Crippen LogP contribution in [0.2, 0.25) is 0 Å². The molecule has 1 atom stereocenters. The SMILES string of the molecule is CCCCCc1ccc2c(c1F)Oc1c(cc(CCC3=COC(CCC)CC3)c(F)c1F)C2. The van der Waals surface area contributed by atoms with Crippen LogP contribution in [-0.4, -0.2) is 6.10 Å². The van der Waals surface area contributed by atoms with E-state index in [1.54, 1.807) is 18.4 Å². The largest absolute Gasteiger partial charge is 0.498 e. The summed E-state index contributed by atoms with van der Waals surface area (Å²) in [5.74, 6) is -2.54. The van der Waals surface area contributed by atoms with E-state index in [1.807, 2.05) is 6.07 Å². The average Bonchev–Trinajstić information content (AvgIpc) is 2.82. The smallest absolute Gasteiger partial charge is 0.201 e. The van der Waals surface area contributed by atoms with Gasteiger partial charge < -0.3 is 9.47 Å². The van der Waals surface area contributed by atoms with Crippen molar-refractivity contribution in [3.63, 3.8) is 0 Å². The highest BCUT2D eigenvalue weighted by atomic mass is 19.2. The van der Waals surface area contributed by atoms with Crippen LogP contribution >= 0.6 is 0 Å². The number of halogens is 3. The van der Waals surface area contributed by atoms with Gasteiger partial charge in [0.15, 0.2) is 23.1 Å². The van der Waals surface area contributed by atoms with Crippen LogP contribution in [0.4, 0.5) is 13.2 Å². The third-order valence-corrected chi connectivity index (χ3v) is 6.75. The molecule has 1 unspecified atom stereocenters. The first-order valence-electron chi connectivity index (χ1n) is 12.3. The Morgan fingerprint density at radius 3 is 2.39 bits per heavy atom. The minimum atomic E-state index is -1.03. The molecular weight excluding hydrogens is 425 g/mol. The lowest BCUT2D eigenvalue weighted by Gasteiger charge is -2.24. The lowest BCUT2D eigenvalue weighted by Crippen LogP contribution is -2.15. The maximum absolute atomic E-state index is 15.0. The minimum Gasteiger partial charge on any atom is -0.498 e. The molecule has 0 N–H and O–H groups in total. The zero-order valence-electron chi connectivity index (χ0n) is 19.6. The number of benzene rings is 2. The molecule has 2 aromatic carbocycles. The summed E-state index contributed by atoms with van der Waals surface area (Å²) >= 11 is 0. The van der Waals surface area contributed by atoms with E-state index in [1.165, 1.54) is 0 Å². The van der Waals surface area contributed by atoms with Gasteiger partial charge in [-0.05, 0) is 67.7 Å². The van der Waals surface area contributed by atoms with Crippen LogP contribution in [0.3, 0.4) is 0 Å². The van der Waals surface area contributed by atoms with Crippen molar-refractivity contribution in [2.24, 2.45) is 0 Å². The molecule has 2 aliphatic rings. The summed E-state index contributed by atoms with van der Waals surface area (Å²) in [5, 5.41) is 0. The minimum absolute atomic E-state index is 0.0358. The highest BCUT2D eigenvalue weighted by molar-refractivity contribution is 5.53. The Morgan fingerprint density at radius 1 is 0.848 bits per heavy atom. The molecule has 5 heteroatoms. The van der Waals surface area contributed by atoms with E-state index >= 15 is 4.39 Å². The Kier molecular flexibility index (Phi) is 7.67. The molecule has 0 spiro atoms. The monoisotopic (exact) mass is 458 g/mol. The van der Waals surface area contributed by atoms with Crippen LogP contribution in [0.1, 0.15) is 87.5 Å². The molecule has 0 saturated heterocycles. The lowest BCUT2D eigenvalue weighted by molar-refractivity contribution is 0.109. The van der Waals surface area contributed by atoms with Crippen molar-refractivity contribution < 1.29 is 22.6 Å². The van der Waals surface area contributed by atoms with Crippen molar-refractivity contribution >= 4 is 0 Å². The van der Waals surface area contributed by atoms with Gasteiger partial charge in [0, 0.05) is 17.5 Å². The molecule has 0 aliphatic carbocycles. The fraction of sp³-hybridized carbons (Fsp3) is 0.500. The first kappa shape index (κ1) is 23.7. The summed E-state index contributed by atoms with van der Waals surface area (Å²) in [6.07, 6.45) is 11.0. The Morgan fingerprint density at radius 2 is 1.67 bits per heavy atom. The molecule has 0 bridgehead atoms. The van der Waals surface area contributed by atoms with Crippen LogP contribution in [0.15, 0.2) is 30.0 Å². The maximum Gasteiger partial charge on any atom is 0.201 e. The van der Waals surface area contributed by atoms with E-state index in [0.717, 1.165) is 50.5 Å². The van der Waals surface area contributed by atoms with E-state index in [2.05, 4.69) is 13.8 Å². The summed E-state index contributed by atoms with van der Waals surface area (Å²) in [4.78, 5) is 0.